The smallest absolute Gasteiger partial charge is 0.382 e. The summed E-state index contributed by atoms with van der Waals surface area (Å²) in [7, 11) is 0. The normalized spacial score (nSPS) is 12.1. The van der Waals surface area contributed by atoms with Gasteiger partial charge in [0, 0.05) is 24.0 Å². The number of anilines is 2. The van der Waals surface area contributed by atoms with Crippen molar-refractivity contribution in [1.82, 2.24) is 18.8 Å². The number of imidazole rings is 2. The molecule has 2 aromatic carbocycles. The second-order valence-electron chi connectivity index (χ2n) is 15.3. The average Bonchev–Trinajstić information content (AvgIpc) is 3.60. The van der Waals surface area contributed by atoms with E-state index in [2.05, 4.69) is 60.5 Å². The minimum atomic E-state index is -4.46. The van der Waals surface area contributed by atoms with E-state index in [0.717, 1.165) is 31.7 Å². The van der Waals surface area contributed by atoms with E-state index < -0.39 is 23.5 Å². The second-order valence-corrected chi connectivity index (χ2v) is 17.9. The van der Waals surface area contributed by atoms with Gasteiger partial charge in [0.05, 0.1) is 29.9 Å². The first-order valence-electron chi connectivity index (χ1n) is 17.2. The van der Waals surface area contributed by atoms with Crippen molar-refractivity contribution in [3.8, 4) is 22.5 Å². The first-order valence-corrected chi connectivity index (χ1v) is 19.7. The van der Waals surface area contributed by atoms with Crippen molar-refractivity contribution in [2.45, 2.75) is 66.7 Å². The van der Waals surface area contributed by atoms with Crippen LogP contribution in [0.4, 0.5) is 38.0 Å². The standard InChI is InChI=1S/C20H19F3IN3O.C14H9F3IN3.C6H11ClO/c1-19(2,3)11-16(28)26-18-17(27-14(24)8-5-9-15(27)25-18)12-6-4-7-13(10-12)20(21,22)23;15-14(16,17)9-4-1-3-8(7-9)12-13(19)20-11-6-2-5-10(18)21(11)12;1-6(2,3)4-5(7)8/h4-10H,11H2,1-3H3,(H,26,28);1-7H,19H2;4H2,1-3H3. The van der Waals surface area contributed by atoms with Crippen LogP contribution in [0.2, 0.25) is 0 Å². The zero-order valence-corrected chi connectivity index (χ0v) is 36.7. The molecule has 3 N–H and O–H groups in total. The Bertz CT molecular complexity index is 2400. The molecule has 0 bridgehead atoms. The first-order chi connectivity index (χ1) is 26.2. The number of nitrogens with one attached hydrogen (secondary N) is 1. The number of nitrogens with zero attached hydrogens (tertiary/aromatic N) is 4. The highest BCUT2D eigenvalue weighted by molar-refractivity contribution is 14.1. The molecule has 0 radical (unpaired) electrons. The SMILES string of the molecule is CC(C)(C)CC(=O)Cl.CC(C)(C)CC(=O)Nc1nc2cccc(I)n2c1-c1cccc(C(F)(F)F)c1.Nc1nc2cccc(I)n2c1-c1cccc(C(F)(F)F)c1. The number of carbonyl (C=O) groups excluding carboxylic acids is 2. The quantitative estimate of drug-likeness (QED) is 0.0774. The number of hydrogen-bond acceptors (Lipinski definition) is 5. The van der Waals surface area contributed by atoms with Gasteiger partial charge in [-0.1, -0.05) is 77.9 Å². The van der Waals surface area contributed by atoms with Crippen LogP contribution in [-0.2, 0) is 21.9 Å². The van der Waals surface area contributed by atoms with Crippen molar-refractivity contribution in [1.29, 1.82) is 0 Å². The van der Waals surface area contributed by atoms with Crippen molar-refractivity contribution < 1.29 is 35.9 Å². The predicted octanol–water partition coefficient (Wildman–Crippen LogP) is 12.4. The largest absolute Gasteiger partial charge is 0.416 e. The fourth-order valence-corrected chi connectivity index (χ4v) is 7.31. The summed E-state index contributed by atoms with van der Waals surface area (Å²) in [6.07, 6.45) is -8.13. The Morgan fingerprint density at radius 3 is 1.51 bits per heavy atom. The fourth-order valence-electron chi connectivity index (χ4n) is 5.52. The Hall–Kier alpha value is -3.91. The Morgan fingerprint density at radius 2 is 1.09 bits per heavy atom. The van der Waals surface area contributed by atoms with E-state index in [9.17, 15) is 35.9 Å². The maximum Gasteiger partial charge on any atom is 0.416 e. The number of fused-ring (bicyclic) bond motifs is 2. The molecule has 0 aliphatic rings. The third-order valence-corrected chi connectivity index (χ3v) is 9.58. The predicted molar refractivity (Wildman–Crippen MR) is 229 cm³/mol. The highest BCUT2D eigenvalue weighted by atomic mass is 127. The zero-order chi connectivity index (χ0) is 42.7. The molecule has 4 heterocycles. The second kappa shape index (κ2) is 17.9. The minimum Gasteiger partial charge on any atom is -0.382 e. The topological polar surface area (TPSA) is 107 Å². The van der Waals surface area contributed by atoms with Gasteiger partial charge in [0.25, 0.3) is 0 Å². The van der Waals surface area contributed by atoms with Gasteiger partial charge in [-0.05, 0) is 116 Å². The van der Waals surface area contributed by atoms with E-state index in [1.165, 1.54) is 12.1 Å². The molecular weight excluding hydrogens is 1000 g/mol. The number of amides is 1. The zero-order valence-electron chi connectivity index (χ0n) is 31.6. The van der Waals surface area contributed by atoms with Gasteiger partial charge in [0.1, 0.15) is 11.3 Å². The number of carbonyl (C=O) groups is 2. The fraction of sp³-hybridized carbons (Fsp3) is 0.300. The van der Waals surface area contributed by atoms with Crippen LogP contribution in [-0.4, -0.2) is 29.9 Å². The number of aromatic nitrogens is 4. The van der Waals surface area contributed by atoms with Crippen molar-refractivity contribution in [3.05, 3.63) is 103 Å². The molecule has 57 heavy (non-hydrogen) atoms. The third-order valence-electron chi connectivity index (χ3n) is 7.76. The van der Waals surface area contributed by atoms with Crippen LogP contribution in [0.5, 0.6) is 0 Å². The molecule has 0 aliphatic heterocycles. The number of halogens is 9. The van der Waals surface area contributed by atoms with Crippen LogP contribution in [0.25, 0.3) is 33.8 Å². The van der Waals surface area contributed by atoms with E-state index in [0.29, 0.717) is 40.2 Å². The summed E-state index contributed by atoms with van der Waals surface area (Å²) in [5.74, 6) is 0.218. The van der Waals surface area contributed by atoms with Gasteiger partial charge >= 0.3 is 12.4 Å². The molecule has 0 aliphatic carbocycles. The summed E-state index contributed by atoms with van der Waals surface area (Å²) in [6, 6.07) is 20.9. The van der Waals surface area contributed by atoms with E-state index in [1.54, 1.807) is 39.1 Å². The lowest BCUT2D eigenvalue weighted by atomic mass is 9.92. The average molecular weight is 1040 g/mol. The Balaban J connectivity index is 0.000000218. The van der Waals surface area contributed by atoms with Crippen molar-refractivity contribution in [3.63, 3.8) is 0 Å². The molecule has 8 nitrogen and oxygen atoms in total. The molecule has 0 unspecified atom stereocenters. The van der Waals surface area contributed by atoms with Crippen molar-refractivity contribution >= 4 is 90.9 Å². The lowest BCUT2D eigenvalue weighted by Gasteiger charge is -2.17. The lowest BCUT2D eigenvalue weighted by molar-refractivity contribution is -0.138. The molecule has 1 amide bonds. The maximum atomic E-state index is 13.2. The number of hydrogen-bond donors (Lipinski definition) is 2. The minimum absolute atomic E-state index is 0.0405. The summed E-state index contributed by atoms with van der Waals surface area (Å²) in [5.41, 5.74) is 7.02. The van der Waals surface area contributed by atoms with Crippen LogP contribution in [0.3, 0.4) is 0 Å². The van der Waals surface area contributed by atoms with Gasteiger partial charge in [-0.25, -0.2) is 9.97 Å². The summed E-state index contributed by atoms with van der Waals surface area (Å²) < 4.78 is 83.2. The highest BCUT2D eigenvalue weighted by Gasteiger charge is 2.32. The number of rotatable bonds is 5. The Morgan fingerprint density at radius 1 is 0.667 bits per heavy atom. The van der Waals surface area contributed by atoms with Gasteiger partial charge in [0.15, 0.2) is 11.6 Å². The van der Waals surface area contributed by atoms with E-state index >= 15 is 0 Å². The van der Waals surface area contributed by atoms with E-state index in [4.69, 9.17) is 17.3 Å². The molecule has 0 atom stereocenters. The van der Waals surface area contributed by atoms with Crippen LogP contribution in [0.1, 0.15) is 65.5 Å². The van der Waals surface area contributed by atoms with E-state index in [1.807, 2.05) is 59.7 Å². The highest BCUT2D eigenvalue weighted by Crippen LogP contribution is 2.37. The van der Waals surface area contributed by atoms with Gasteiger partial charge in [-0.2, -0.15) is 26.3 Å². The van der Waals surface area contributed by atoms with Crippen molar-refractivity contribution in [2.24, 2.45) is 10.8 Å². The third kappa shape index (κ3) is 12.5. The number of pyridine rings is 2. The van der Waals surface area contributed by atoms with Crippen molar-refractivity contribution in [2.75, 3.05) is 11.1 Å². The lowest BCUT2D eigenvalue weighted by Crippen LogP contribution is -2.20. The molecule has 0 saturated heterocycles. The molecule has 17 heteroatoms. The molecule has 0 spiro atoms. The first kappa shape index (κ1) is 45.8. The van der Waals surface area contributed by atoms with Crippen LogP contribution in [0, 0.1) is 18.2 Å². The van der Waals surface area contributed by atoms with E-state index in [-0.39, 0.29) is 40.0 Å². The van der Waals surface area contributed by atoms with Gasteiger partial charge < -0.3 is 11.1 Å². The monoisotopic (exact) mass is 1040 g/mol. The van der Waals surface area contributed by atoms with Crippen LogP contribution in [0.15, 0.2) is 84.9 Å². The number of nitrogens with two attached hydrogens (primary N) is 1. The maximum absolute atomic E-state index is 13.2. The molecule has 0 saturated carbocycles. The molecular formula is C40H39ClF6I2N6O2. The van der Waals surface area contributed by atoms with Crippen LogP contribution >= 0.6 is 56.8 Å². The Kier molecular flexibility index (Phi) is 14.4. The van der Waals surface area contributed by atoms with Gasteiger partial charge in [-0.15, -0.1) is 0 Å². The summed E-state index contributed by atoms with van der Waals surface area (Å²) in [6.45, 7) is 11.8. The number of nitrogen functional groups attached to an aromatic ring is 1. The number of alkyl halides is 6. The van der Waals surface area contributed by atoms with Crippen LogP contribution < -0.4 is 11.1 Å². The summed E-state index contributed by atoms with van der Waals surface area (Å²) in [4.78, 5) is 31.3. The van der Waals surface area contributed by atoms with Gasteiger partial charge in [-0.3, -0.25) is 18.4 Å². The molecule has 0 fully saturated rings. The molecule has 304 valence electrons. The molecule has 4 aromatic heterocycles. The Labute approximate surface area is 357 Å². The molecule has 6 aromatic rings. The number of benzene rings is 2. The molecule has 6 rings (SSSR count). The summed E-state index contributed by atoms with van der Waals surface area (Å²) in [5, 5.41) is 2.53. The summed E-state index contributed by atoms with van der Waals surface area (Å²) >= 11 is 9.31. The van der Waals surface area contributed by atoms with Gasteiger partial charge in [0.2, 0.25) is 11.1 Å².